The quantitative estimate of drug-likeness (QED) is 0.636. The van der Waals surface area contributed by atoms with Gasteiger partial charge in [0, 0.05) is 19.1 Å². The molecule has 86 valence electrons. The van der Waals surface area contributed by atoms with Gasteiger partial charge in [0.1, 0.15) is 0 Å². The van der Waals surface area contributed by atoms with Crippen LogP contribution in [0.1, 0.15) is 26.2 Å². The number of rotatable bonds is 8. The van der Waals surface area contributed by atoms with E-state index in [1.54, 1.807) is 0 Å². The van der Waals surface area contributed by atoms with Gasteiger partial charge in [-0.25, -0.2) is 0 Å². The molecule has 0 fully saturated rings. The first-order chi connectivity index (χ1) is 6.56. The third-order valence-electron chi connectivity index (χ3n) is 2.57. The van der Waals surface area contributed by atoms with E-state index in [0.717, 1.165) is 25.9 Å². The first-order valence-electron chi connectivity index (χ1n) is 5.65. The van der Waals surface area contributed by atoms with E-state index in [-0.39, 0.29) is 0 Å². The second kappa shape index (κ2) is 8.21. The molecule has 0 heterocycles. The van der Waals surface area contributed by atoms with Gasteiger partial charge in [-0.1, -0.05) is 6.92 Å². The lowest BCUT2D eigenvalue weighted by Crippen LogP contribution is -2.30. The standard InChI is InChI=1S/C11H27N3/c1-5-11(12)7-6-8-14(4)10-9-13(2)3/h11H,5-10,12H2,1-4H3. The number of hydrogen-bond acceptors (Lipinski definition) is 3. The highest BCUT2D eigenvalue weighted by Crippen LogP contribution is 1.99. The van der Waals surface area contributed by atoms with Crippen molar-refractivity contribution in [3.63, 3.8) is 0 Å². The van der Waals surface area contributed by atoms with E-state index in [1.807, 2.05) is 0 Å². The summed E-state index contributed by atoms with van der Waals surface area (Å²) in [5, 5.41) is 0. The third-order valence-corrected chi connectivity index (χ3v) is 2.57. The second-order valence-electron chi connectivity index (χ2n) is 4.42. The summed E-state index contributed by atoms with van der Waals surface area (Å²) in [7, 11) is 6.41. The van der Waals surface area contributed by atoms with Gasteiger partial charge in [-0.3, -0.25) is 0 Å². The summed E-state index contributed by atoms with van der Waals surface area (Å²) in [4.78, 5) is 4.59. The lowest BCUT2D eigenvalue weighted by atomic mass is 10.1. The highest BCUT2D eigenvalue weighted by Gasteiger charge is 2.02. The van der Waals surface area contributed by atoms with Crippen molar-refractivity contribution in [2.24, 2.45) is 5.73 Å². The van der Waals surface area contributed by atoms with Crippen molar-refractivity contribution >= 4 is 0 Å². The Bertz CT molecular complexity index is 126. The molecule has 0 bridgehead atoms. The van der Waals surface area contributed by atoms with Crippen LogP contribution in [-0.4, -0.2) is 56.6 Å². The molecule has 14 heavy (non-hydrogen) atoms. The lowest BCUT2D eigenvalue weighted by molar-refractivity contribution is 0.275. The van der Waals surface area contributed by atoms with E-state index >= 15 is 0 Å². The Balaban J connectivity index is 3.30. The van der Waals surface area contributed by atoms with E-state index in [1.165, 1.54) is 13.0 Å². The molecule has 2 N–H and O–H groups in total. The molecule has 0 aliphatic rings. The third kappa shape index (κ3) is 8.48. The normalized spacial score (nSPS) is 13.9. The maximum Gasteiger partial charge on any atom is 0.0106 e. The summed E-state index contributed by atoms with van der Waals surface area (Å²) in [6.45, 7) is 5.60. The fourth-order valence-corrected chi connectivity index (χ4v) is 1.31. The minimum absolute atomic E-state index is 0.400. The molecular formula is C11H27N3. The van der Waals surface area contributed by atoms with Crippen LogP contribution < -0.4 is 5.73 Å². The maximum atomic E-state index is 5.85. The van der Waals surface area contributed by atoms with Crippen LogP contribution in [0.25, 0.3) is 0 Å². The average Bonchev–Trinajstić information content (AvgIpc) is 2.14. The summed E-state index contributed by atoms with van der Waals surface area (Å²) >= 11 is 0. The molecule has 3 nitrogen and oxygen atoms in total. The highest BCUT2D eigenvalue weighted by molar-refractivity contribution is 4.61. The van der Waals surface area contributed by atoms with Crippen molar-refractivity contribution in [2.75, 3.05) is 40.8 Å². The summed E-state index contributed by atoms with van der Waals surface area (Å²) in [5.41, 5.74) is 5.85. The van der Waals surface area contributed by atoms with Crippen molar-refractivity contribution in [1.82, 2.24) is 9.80 Å². The Morgan fingerprint density at radius 2 is 1.71 bits per heavy atom. The van der Waals surface area contributed by atoms with E-state index in [0.29, 0.717) is 6.04 Å². The van der Waals surface area contributed by atoms with Crippen LogP contribution in [-0.2, 0) is 0 Å². The van der Waals surface area contributed by atoms with E-state index in [9.17, 15) is 0 Å². The molecule has 1 unspecified atom stereocenters. The van der Waals surface area contributed by atoms with Gasteiger partial charge in [-0.2, -0.15) is 0 Å². The van der Waals surface area contributed by atoms with E-state index < -0.39 is 0 Å². The fourth-order valence-electron chi connectivity index (χ4n) is 1.31. The van der Waals surface area contributed by atoms with Crippen molar-refractivity contribution in [3.05, 3.63) is 0 Å². The van der Waals surface area contributed by atoms with Crippen molar-refractivity contribution < 1.29 is 0 Å². The van der Waals surface area contributed by atoms with Crippen molar-refractivity contribution in [3.8, 4) is 0 Å². The van der Waals surface area contributed by atoms with Gasteiger partial charge in [-0.15, -0.1) is 0 Å². The largest absolute Gasteiger partial charge is 0.328 e. The van der Waals surface area contributed by atoms with Gasteiger partial charge in [-0.05, 0) is 47.0 Å². The topological polar surface area (TPSA) is 32.5 Å². The zero-order valence-electron chi connectivity index (χ0n) is 10.3. The van der Waals surface area contributed by atoms with Crippen molar-refractivity contribution in [2.45, 2.75) is 32.2 Å². The zero-order valence-corrected chi connectivity index (χ0v) is 10.3. The van der Waals surface area contributed by atoms with Gasteiger partial charge in [0.2, 0.25) is 0 Å². The number of likely N-dealkylation sites (N-methyl/N-ethyl adjacent to an activating group) is 2. The minimum Gasteiger partial charge on any atom is -0.328 e. The predicted molar refractivity (Wildman–Crippen MR) is 63.6 cm³/mol. The second-order valence-corrected chi connectivity index (χ2v) is 4.42. The van der Waals surface area contributed by atoms with Crippen LogP contribution in [0.2, 0.25) is 0 Å². The van der Waals surface area contributed by atoms with Crippen LogP contribution >= 0.6 is 0 Å². The molecule has 0 amide bonds. The number of hydrogen-bond donors (Lipinski definition) is 1. The van der Waals surface area contributed by atoms with Gasteiger partial charge in [0.05, 0.1) is 0 Å². The summed E-state index contributed by atoms with van der Waals surface area (Å²) in [5.74, 6) is 0. The molecule has 3 heteroatoms. The Hall–Kier alpha value is -0.120. The Kier molecular flexibility index (Phi) is 8.14. The molecule has 0 rings (SSSR count). The predicted octanol–water partition coefficient (Wildman–Crippen LogP) is 0.997. The highest BCUT2D eigenvalue weighted by atomic mass is 15.1. The first-order valence-corrected chi connectivity index (χ1v) is 5.65. The van der Waals surface area contributed by atoms with Crippen LogP contribution in [0, 0.1) is 0 Å². The summed E-state index contributed by atoms with van der Waals surface area (Å²) in [6.07, 6.45) is 3.48. The van der Waals surface area contributed by atoms with E-state index in [2.05, 4.69) is 37.9 Å². The average molecular weight is 201 g/mol. The first kappa shape index (κ1) is 13.9. The Morgan fingerprint density at radius 1 is 1.07 bits per heavy atom. The molecule has 1 atom stereocenters. The molecule has 0 saturated carbocycles. The summed E-state index contributed by atoms with van der Waals surface area (Å²) < 4.78 is 0. The Labute approximate surface area is 89.2 Å². The van der Waals surface area contributed by atoms with Crippen LogP contribution in [0.4, 0.5) is 0 Å². The molecule has 0 aliphatic carbocycles. The zero-order chi connectivity index (χ0) is 11.0. The molecule has 0 aliphatic heterocycles. The van der Waals surface area contributed by atoms with Crippen LogP contribution in [0.5, 0.6) is 0 Å². The molecule has 0 radical (unpaired) electrons. The molecule has 0 saturated heterocycles. The number of nitrogens with two attached hydrogens (primary N) is 1. The SMILES string of the molecule is CCC(N)CCCN(C)CCN(C)C. The van der Waals surface area contributed by atoms with E-state index in [4.69, 9.17) is 5.73 Å². The van der Waals surface area contributed by atoms with Gasteiger partial charge < -0.3 is 15.5 Å². The van der Waals surface area contributed by atoms with Gasteiger partial charge in [0.25, 0.3) is 0 Å². The monoisotopic (exact) mass is 201 g/mol. The molecule has 0 aromatic heterocycles. The lowest BCUT2D eigenvalue weighted by Gasteiger charge is -2.19. The molecular weight excluding hydrogens is 174 g/mol. The Morgan fingerprint density at radius 3 is 2.21 bits per heavy atom. The van der Waals surface area contributed by atoms with Crippen LogP contribution in [0.3, 0.4) is 0 Å². The molecule has 0 aromatic rings. The van der Waals surface area contributed by atoms with Gasteiger partial charge >= 0.3 is 0 Å². The maximum absolute atomic E-state index is 5.85. The smallest absolute Gasteiger partial charge is 0.0106 e. The number of nitrogens with zero attached hydrogens (tertiary/aromatic N) is 2. The molecule has 0 aromatic carbocycles. The summed E-state index contributed by atoms with van der Waals surface area (Å²) in [6, 6.07) is 0.400. The van der Waals surface area contributed by atoms with Crippen LogP contribution in [0.15, 0.2) is 0 Å². The van der Waals surface area contributed by atoms with Gasteiger partial charge in [0.15, 0.2) is 0 Å². The van der Waals surface area contributed by atoms with Crippen molar-refractivity contribution in [1.29, 1.82) is 0 Å². The minimum atomic E-state index is 0.400. The fraction of sp³-hybridized carbons (Fsp3) is 1.00. The molecule has 0 spiro atoms.